The SMILES string of the molecule is COc1ccc2c(c1OC)C(=O)C(C)C2. The van der Waals surface area contributed by atoms with E-state index in [4.69, 9.17) is 9.47 Å². The van der Waals surface area contributed by atoms with Crippen molar-refractivity contribution >= 4 is 5.78 Å². The van der Waals surface area contributed by atoms with Gasteiger partial charge in [-0.05, 0) is 18.1 Å². The van der Waals surface area contributed by atoms with Crippen LogP contribution in [0.3, 0.4) is 0 Å². The molecule has 1 atom stereocenters. The second-order valence-corrected chi connectivity index (χ2v) is 3.80. The van der Waals surface area contributed by atoms with Gasteiger partial charge in [0.05, 0.1) is 19.8 Å². The van der Waals surface area contributed by atoms with Crippen LogP contribution in [0.5, 0.6) is 11.5 Å². The maximum absolute atomic E-state index is 11.9. The van der Waals surface area contributed by atoms with Crippen molar-refractivity contribution in [2.45, 2.75) is 13.3 Å². The fourth-order valence-corrected chi connectivity index (χ4v) is 2.08. The van der Waals surface area contributed by atoms with Crippen LogP contribution < -0.4 is 9.47 Å². The molecule has 0 aliphatic heterocycles. The van der Waals surface area contributed by atoms with E-state index >= 15 is 0 Å². The van der Waals surface area contributed by atoms with Crippen molar-refractivity contribution in [3.8, 4) is 11.5 Å². The third kappa shape index (κ3) is 1.39. The molecule has 1 aliphatic rings. The second-order valence-electron chi connectivity index (χ2n) is 3.80. The molecule has 1 aromatic rings. The van der Waals surface area contributed by atoms with Gasteiger partial charge in [-0.25, -0.2) is 0 Å². The van der Waals surface area contributed by atoms with Crippen LogP contribution in [0.25, 0.3) is 0 Å². The second kappa shape index (κ2) is 3.57. The Morgan fingerprint density at radius 3 is 2.60 bits per heavy atom. The number of carbonyl (C=O) groups is 1. The third-order valence-electron chi connectivity index (χ3n) is 2.85. The van der Waals surface area contributed by atoms with Crippen molar-refractivity contribution in [3.63, 3.8) is 0 Å². The summed E-state index contributed by atoms with van der Waals surface area (Å²) in [7, 11) is 3.14. The largest absolute Gasteiger partial charge is 0.493 e. The van der Waals surface area contributed by atoms with Crippen LogP contribution >= 0.6 is 0 Å². The maximum Gasteiger partial charge on any atom is 0.171 e. The van der Waals surface area contributed by atoms with Crippen LogP contribution in [0.2, 0.25) is 0 Å². The molecule has 15 heavy (non-hydrogen) atoms. The first-order valence-electron chi connectivity index (χ1n) is 4.97. The quantitative estimate of drug-likeness (QED) is 0.743. The predicted molar refractivity (Wildman–Crippen MR) is 56.7 cm³/mol. The average Bonchev–Trinajstić information content (AvgIpc) is 2.54. The number of rotatable bonds is 2. The van der Waals surface area contributed by atoms with Gasteiger partial charge in [-0.1, -0.05) is 13.0 Å². The van der Waals surface area contributed by atoms with E-state index in [-0.39, 0.29) is 11.7 Å². The van der Waals surface area contributed by atoms with E-state index in [0.717, 1.165) is 12.0 Å². The number of carbonyl (C=O) groups excluding carboxylic acids is 1. The average molecular weight is 206 g/mol. The van der Waals surface area contributed by atoms with Gasteiger partial charge in [-0.2, -0.15) is 0 Å². The molecule has 3 nitrogen and oxygen atoms in total. The number of methoxy groups -OCH3 is 2. The number of hydrogen-bond acceptors (Lipinski definition) is 3. The van der Waals surface area contributed by atoms with E-state index in [9.17, 15) is 4.79 Å². The van der Waals surface area contributed by atoms with Crippen LogP contribution in [-0.4, -0.2) is 20.0 Å². The van der Waals surface area contributed by atoms with Gasteiger partial charge in [-0.15, -0.1) is 0 Å². The molecule has 0 saturated carbocycles. The van der Waals surface area contributed by atoms with Crippen molar-refractivity contribution in [1.82, 2.24) is 0 Å². The van der Waals surface area contributed by atoms with Gasteiger partial charge in [0, 0.05) is 5.92 Å². The Kier molecular flexibility index (Phi) is 2.39. The van der Waals surface area contributed by atoms with Gasteiger partial charge in [0.25, 0.3) is 0 Å². The van der Waals surface area contributed by atoms with E-state index < -0.39 is 0 Å². The van der Waals surface area contributed by atoms with Crippen LogP contribution in [0.4, 0.5) is 0 Å². The minimum absolute atomic E-state index is 0.0565. The molecule has 80 valence electrons. The zero-order valence-electron chi connectivity index (χ0n) is 9.16. The molecule has 0 N–H and O–H groups in total. The van der Waals surface area contributed by atoms with E-state index in [0.29, 0.717) is 17.1 Å². The summed E-state index contributed by atoms with van der Waals surface area (Å²) in [5.41, 5.74) is 1.76. The monoisotopic (exact) mass is 206 g/mol. The Morgan fingerprint density at radius 2 is 2.00 bits per heavy atom. The smallest absolute Gasteiger partial charge is 0.171 e. The molecule has 0 amide bonds. The summed E-state index contributed by atoms with van der Waals surface area (Å²) >= 11 is 0. The van der Waals surface area contributed by atoms with Gasteiger partial charge >= 0.3 is 0 Å². The highest BCUT2D eigenvalue weighted by Gasteiger charge is 2.31. The molecular formula is C12H14O3. The predicted octanol–water partition coefficient (Wildman–Crippen LogP) is 2.08. The first kappa shape index (κ1) is 10.0. The van der Waals surface area contributed by atoms with Gasteiger partial charge in [0.15, 0.2) is 17.3 Å². The normalized spacial score (nSPS) is 18.9. The van der Waals surface area contributed by atoms with Gasteiger partial charge in [0.1, 0.15) is 0 Å². The highest BCUT2D eigenvalue weighted by atomic mass is 16.5. The van der Waals surface area contributed by atoms with Crippen LogP contribution in [0.15, 0.2) is 12.1 Å². The van der Waals surface area contributed by atoms with E-state index in [2.05, 4.69) is 0 Å². The fraction of sp³-hybridized carbons (Fsp3) is 0.417. The van der Waals surface area contributed by atoms with E-state index in [1.165, 1.54) is 0 Å². The number of benzene rings is 1. The molecule has 0 bridgehead atoms. The molecular weight excluding hydrogens is 192 g/mol. The number of fused-ring (bicyclic) bond motifs is 1. The first-order chi connectivity index (χ1) is 7.19. The highest BCUT2D eigenvalue weighted by Crippen LogP contribution is 2.39. The molecule has 1 aliphatic carbocycles. The summed E-state index contributed by atoms with van der Waals surface area (Å²) < 4.78 is 10.4. The van der Waals surface area contributed by atoms with Crippen LogP contribution in [-0.2, 0) is 6.42 Å². The first-order valence-corrected chi connectivity index (χ1v) is 4.97. The molecule has 1 unspecified atom stereocenters. The number of ketones is 1. The topological polar surface area (TPSA) is 35.5 Å². The van der Waals surface area contributed by atoms with Crippen molar-refractivity contribution in [3.05, 3.63) is 23.3 Å². The van der Waals surface area contributed by atoms with Crippen molar-refractivity contribution in [1.29, 1.82) is 0 Å². The molecule has 0 saturated heterocycles. The zero-order valence-corrected chi connectivity index (χ0v) is 9.16. The maximum atomic E-state index is 11.9. The molecule has 0 aromatic heterocycles. The highest BCUT2D eigenvalue weighted by molar-refractivity contribution is 6.05. The van der Waals surface area contributed by atoms with Crippen molar-refractivity contribution in [2.24, 2.45) is 5.92 Å². The third-order valence-corrected chi connectivity index (χ3v) is 2.85. The summed E-state index contributed by atoms with van der Waals surface area (Å²) in [6.45, 7) is 1.94. The van der Waals surface area contributed by atoms with Gasteiger partial charge < -0.3 is 9.47 Å². The Balaban J connectivity index is 2.61. The summed E-state index contributed by atoms with van der Waals surface area (Å²) in [4.78, 5) is 11.9. The lowest BCUT2D eigenvalue weighted by atomic mass is 10.1. The standard InChI is InChI=1S/C12H14O3/c1-7-6-8-4-5-9(14-2)12(15-3)10(8)11(7)13/h4-5,7H,6H2,1-3H3. The lowest BCUT2D eigenvalue weighted by molar-refractivity contribution is 0.0943. The number of hydrogen-bond donors (Lipinski definition) is 0. The molecule has 3 heteroatoms. The minimum atomic E-state index is 0.0565. The van der Waals surface area contributed by atoms with Gasteiger partial charge in [0.2, 0.25) is 0 Å². The minimum Gasteiger partial charge on any atom is -0.493 e. The number of ether oxygens (including phenoxy) is 2. The van der Waals surface area contributed by atoms with Crippen LogP contribution in [0, 0.1) is 5.92 Å². The molecule has 0 radical (unpaired) electrons. The molecule has 2 rings (SSSR count). The Hall–Kier alpha value is -1.51. The van der Waals surface area contributed by atoms with Crippen molar-refractivity contribution < 1.29 is 14.3 Å². The Morgan fingerprint density at radius 1 is 1.27 bits per heavy atom. The lowest BCUT2D eigenvalue weighted by Crippen LogP contribution is -2.05. The molecule has 0 fully saturated rings. The summed E-state index contributed by atoms with van der Waals surface area (Å²) in [6.07, 6.45) is 0.800. The summed E-state index contributed by atoms with van der Waals surface area (Å²) in [5, 5.41) is 0. The Labute approximate surface area is 89.0 Å². The summed E-state index contributed by atoms with van der Waals surface area (Å²) in [6, 6.07) is 3.79. The summed E-state index contributed by atoms with van der Waals surface area (Å²) in [5.74, 6) is 1.41. The Bertz CT molecular complexity index is 410. The van der Waals surface area contributed by atoms with Crippen molar-refractivity contribution in [2.75, 3.05) is 14.2 Å². The van der Waals surface area contributed by atoms with E-state index in [1.54, 1.807) is 14.2 Å². The van der Waals surface area contributed by atoms with Gasteiger partial charge in [-0.3, -0.25) is 4.79 Å². The molecule has 0 spiro atoms. The number of Topliss-reactive ketones (excluding diaryl/α,β-unsaturated/α-hetero) is 1. The molecule has 0 heterocycles. The van der Waals surface area contributed by atoms with E-state index in [1.807, 2.05) is 19.1 Å². The van der Waals surface area contributed by atoms with Crippen LogP contribution in [0.1, 0.15) is 22.8 Å². The zero-order chi connectivity index (χ0) is 11.0. The molecule has 1 aromatic carbocycles. The lowest BCUT2D eigenvalue weighted by Gasteiger charge is -2.10. The fourth-order valence-electron chi connectivity index (χ4n) is 2.08.